The minimum Gasteiger partial charge on any atom is -0.330 e. The molecule has 0 saturated heterocycles. The molecule has 0 fully saturated rings. The monoisotopic (exact) mass is 163 g/mol. The molecule has 0 bridgehead atoms. The van der Waals surface area contributed by atoms with Gasteiger partial charge in [0, 0.05) is 0 Å². The van der Waals surface area contributed by atoms with Crippen molar-refractivity contribution in [1.82, 2.24) is 0 Å². The quantitative estimate of drug-likeness (QED) is 0.500. The van der Waals surface area contributed by atoms with Crippen molar-refractivity contribution >= 4 is 0 Å². The molecule has 0 aliphatic carbocycles. The minimum absolute atomic E-state index is 0.683. The molecule has 0 aromatic carbocycles. The van der Waals surface area contributed by atoms with Gasteiger partial charge in [-0.3, -0.25) is 0 Å². The Morgan fingerprint density at radius 3 is 2.67 bits per heavy atom. The van der Waals surface area contributed by atoms with Gasteiger partial charge in [-0.1, -0.05) is 18.7 Å². The highest BCUT2D eigenvalue weighted by atomic mass is 14.5. The second-order valence-electron chi connectivity index (χ2n) is 2.60. The molecule has 0 unspecified atom stereocenters. The summed E-state index contributed by atoms with van der Waals surface area (Å²) in [5, 5.41) is 0. The molecule has 0 radical (unpaired) electrons. The Morgan fingerprint density at radius 1 is 1.58 bits per heavy atom. The Morgan fingerprint density at radius 2 is 2.25 bits per heavy atom. The van der Waals surface area contributed by atoms with Gasteiger partial charge in [0.15, 0.2) is 0 Å². The maximum atomic E-state index is 5.48. The summed E-state index contributed by atoms with van der Waals surface area (Å²) < 4.78 is 0. The molecule has 0 aliphatic rings. The van der Waals surface area contributed by atoms with E-state index in [4.69, 9.17) is 5.73 Å². The zero-order chi connectivity index (χ0) is 9.40. The number of hydrogen-bond donors (Lipinski definition) is 1. The molecule has 0 aliphatic heterocycles. The van der Waals surface area contributed by atoms with E-state index in [1.165, 1.54) is 11.1 Å². The van der Waals surface area contributed by atoms with Gasteiger partial charge in [0.25, 0.3) is 0 Å². The van der Waals surface area contributed by atoms with Crippen LogP contribution in [-0.2, 0) is 0 Å². The molecule has 0 rings (SSSR count). The molecule has 1 nitrogen and oxygen atoms in total. The summed E-state index contributed by atoms with van der Waals surface area (Å²) in [6.45, 7) is 8.26. The second-order valence-corrected chi connectivity index (χ2v) is 2.60. The Kier molecular flexibility index (Phi) is 6.08. The van der Waals surface area contributed by atoms with Crippen molar-refractivity contribution in [3.05, 3.63) is 41.7 Å². The molecule has 66 valence electrons. The summed E-state index contributed by atoms with van der Waals surface area (Å²) >= 11 is 0. The standard InChI is InChI=1S/C11H17N/c1-4-6-10(3)11(7-5-2)8-9-12/h5-7H,1,8-9,12H2,2-3H3. The van der Waals surface area contributed by atoms with E-state index in [1.807, 2.05) is 26.0 Å². The Labute approximate surface area is 75.0 Å². The summed E-state index contributed by atoms with van der Waals surface area (Å²) in [5.41, 5.74) is 10.7. The summed E-state index contributed by atoms with van der Waals surface area (Å²) in [6.07, 6.45) is 6.89. The molecular formula is C11H17N. The third-order valence-corrected chi connectivity index (χ3v) is 1.61. The summed E-state index contributed by atoms with van der Waals surface area (Å²) in [7, 11) is 0. The van der Waals surface area contributed by atoms with Crippen LogP contribution in [0, 0.1) is 0 Å². The summed E-state index contributed by atoms with van der Waals surface area (Å²) in [6, 6.07) is 0. The van der Waals surface area contributed by atoms with Crippen LogP contribution < -0.4 is 5.73 Å². The molecule has 0 aromatic heterocycles. The van der Waals surface area contributed by atoms with Gasteiger partial charge in [0.05, 0.1) is 0 Å². The van der Waals surface area contributed by atoms with Gasteiger partial charge >= 0.3 is 0 Å². The fourth-order valence-corrected chi connectivity index (χ4v) is 1.01. The van der Waals surface area contributed by atoms with Gasteiger partial charge in [0.2, 0.25) is 0 Å². The summed E-state index contributed by atoms with van der Waals surface area (Å²) in [5.74, 6) is 0. The molecule has 0 spiro atoms. The van der Waals surface area contributed by atoms with Gasteiger partial charge in [0.1, 0.15) is 0 Å². The van der Waals surface area contributed by atoms with E-state index >= 15 is 0 Å². The van der Waals surface area contributed by atoms with E-state index in [9.17, 15) is 0 Å². The lowest BCUT2D eigenvalue weighted by Gasteiger charge is -2.01. The SMILES string of the molecule is C=C=CC(C)=C(C=CC)CCN. The topological polar surface area (TPSA) is 26.0 Å². The number of nitrogens with two attached hydrogens (primary N) is 1. The van der Waals surface area contributed by atoms with Crippen molar-refractivity contribution in [3.8, 4) is 0 Å². The van der Waals surface area contributed by atoms with Crippen molar-refractivity contribution < 1.29 is 0 Å². The molecular weight excluding hydrogens is 146 g/mol. The molecule has 0 aromatic rings. The van der Waals surface area contributed by atoms with Gasteiger partial charge in [-0.25, -0.2) is 0 Å². The predicted molar refractivity (Wildman–Crippen MR) is 54.9 cm³/mol. The highest BCUT2D eigenvalue weighted by Gasteiger charge is 1.93. The maximum absolute atomic E-state index is 5.48. The number of rotatable bonds is 4. The van der Waals surface area contributed by atoms with E-state index in [1.54, 1.807) is 0 Å². The van der Waals surface area contributed by atoms with E-state index in [0.717, 1.165) is 6.42 Å². The van der Waals surface area contributed by atoms with Crippen molar-refractivity contribution in [2.45, 2.75) is 20.3 Å². The smallest absolute Gasteiger partial charge is 0.00366 e. The van der Waals surface area contributed by atoms with Gasteiger partial charge < -0.3 is 5.73 Å². The zero-order valence-corrected chi connectivity index (χ0v) is 7.93. The van der Waals surface area contributed by atoms with Crippen LogP contribution in [0.3, 0.4) is 0 Å². The van der Waals surface area contributed by atoms with E-state index in [-0.39, 0.29) is 0 Å². The van der Waals surface area contributed by atoms with Crippen molar-refractivity contribution in [2.24, 2.45) is 5.73 Å². The predicted octanol–water partition coefficient (Wildman–Crippen LogP) is 2.57. The average molecular weight is 163 g/mol. The van der Waals surface area contributed by atoms with Crippen LogP contribution in [-0.4, -0.2) is 6.54 Å². The lowest BCUT2D eigenvalue weighted by atomic mass is 10.1. The second kappa shape index (κ2) is 6.66. The molecule has 0 amide bonds. The largest absolute Gasteiger partial charge is 0.330 e. The number of allylic oxidation sites excluding steroid dienone is 4. The van der Waals surface area contributed by atoms with Crippen molar-refractivity contribution in [2.75, 3.05) is 6.54 Å². The maximum Gasteiger partial charge on any atom is -0.00366 e. The first-order valence-electron chi connectivity index (χ1n) is 4.14. The third-order valence-electron chi connectivity index (χ3n) is 1.61. The van der Waals surface area contributed by atoms with E-state index < -0.39 is 0 Å². The fraction of sp³-hybridized carbons (Fsp3) is 0.364. The fourth-order valence-electron chi connectivity index (χ4n) is 1.01. The normalized spacial score (nSPS) is 12.6. The minimum atomic E-state index is 0.683. The van der Waals surface area contributed by atoms with Crippen molar-refractivity contribution in [3.63, 3.8) is 0 Å². The van der Waals surface area contributed by atoms with Gasteiger partial charge in [-0.2, -0.15) is 0 Å². The van der Waals surface area contributed by atoms with Crippen LogP contribution in [0.15, 0.2) is 41.7 Å². The molecule has 0 heterocycles. The average Bonchev–Trinajstić information content (AvgIpc) is 2.04. The first-order chi connectivity index (χ1) is 5.76. The van der Waals surface area contributed by atoms with Crippen LogP contribution in [0.5, 0.6) is 0 Å². The number of hydrogen-bond acceptors (Lipinski definition) is 1. The zero-order valence-electron chi connectivity index (χ0n) is 7.93. The summed E-state index contributed by atoms with van der Waals surface area (Å²) in [4.78, 5) is 0. The van der Waals surface area contributed by atoms with Crippen LogP contribution in [0.1, 0.15) is 20.3 Å². The van der Waals surface area contributed by atoms with Gasteiger partial charge in [-0.05, 0) is 44.0 Å². The molecule has 2 N–H and O–H groups in total. The lowest BCUT2D eigenvalue weighted by Crippen LogP contribution is -2.00. The van der Waals surface area contributed by atoms with Crippen LogP contribution in [0.25, 0.3) is 0 Å². The molecule has 0 saturated carbocycles. The Balaban J connectivity index is 4.65. The third kappa shape index (κ3) is 3.97. The van der Waals surface area contributed by atoms with Gasteiger partial charge in [-0.15, -0.1) is 5.73 Å². The molecule has 12 heavy (non-hydrogen) atoms. The van der Waals surface area contributed by atoms with Crippen LogP contribution in [0.2, 0.25) is 0 Å². The van der Waals surface area contributed by atoms with Crippen LogP contribution in [0.4, 0.5) is 0 Å². The Bertz CT molecular complexity index is 227. The van der Waals surface area contributed by atoms with E-state index in [0.29, 0.717) is 6.54 Å². The van der Waals surface area contributed by atoms with Crippen LogP contribution >= 0.6 is 0 Å². The highest BCUT2D eigenvalue weighted by molar-refractivity contribution is 5.31. The first-order valence-corrected chi connectivity index (χ1v) is 4.14. The molecule has 0 atom stereocenters. The first kappa shape index (κ1) is 11.0. The van der Waals surface area contributed by atoms with E-state index in [2.05, 4.69) is 18.4 Å². The molecule has 1 heteroatoms. The lowest BCUT2D eigenvalue weighted by molar-refractivity contribution is 0.962. The Hall–Kier alpha value is -1.04. The highest BCUT2D eigenvalue weighted by Crippen LogP contribution is 2.10. The van der Waals surface area contributed by atoms with Crippen molar-refractivity contribution in [1.29, 1.82) is 0 Å².